The number of amides is 1. The fourth-order valence-corrected chi connectivity index (χ4v) is 11.2. The molecule has 552 valence electrons. The van der Waals surface area contributed by atoms with Crippen LogP contribution < -0.4 is 5.32 Å². The van der Waals surface area contributed by atoms with Crippen molar-refractivity contribution in [2.45, 2.75) is 311 Å². The smallest absolute Gasteiger partial charge is 0.220 e. The second kappa shape index (κ2) is 57.3. The molecule has 3 saturated heterocycles. The topological polar surface area (TPSA) is 307 Å². The molecule has 3 heterocycles. The third-order valence-corrected chi connectivity index (χ3v) is 17.1. The van der Waals surface area contributed by atoms with Gasteiger partial charge in [0.25, 0.3) is 0 Å². The molecular formula is C78H127NO18. The summed E-state index contributed by atoms with van der Waals surface area (Å²) in [7, 11) is 0. The standard InChI is InChI=1S/C78H127NO18/c1-3-5-7-9-11-13-15-17-19-21-23-25-26-27-28-29-30-31-32-33-34-36-38-40-42-44-46-48-50-52-54-56-66(84)79-61(62(83)55-53-51-49-47-45-43-41-39-37-35-24-22-20-18-16-14-12-10-8-6-4-2)60-92-76-72(90)69(87)74(64(58-81)94-76)97-78-73(91)70(88)75(65(59-82)95-78)96-77-71(89)68(86)67(85)63(57-80)93-77/h5,7,11,13,17,19,23,25,27-28,30-31,33-34,37-40,44-47,53,55,61-65,67-78,80-83,85-91H,3-4,6,8-10,12,14-16,18,20-22,24,26,29,32,35-36,41-43,48-52,54,56-60H2,1-2H3,(H,79,84)/b7-5-,13-11-,19-17-,25-23-,28-27-,31-30-,34-33-,39-37+,40-38-,46-44-,47-45+,55-53+. The van der Waals surface area contributed by atoms with Gasteiger partial charge in [0, 0.05) is 6.42 Å². The van der Waals surface area contributed by atoms with Crippen LogP contribution in [0, 0.1) is 0 Å². The Hall–Kier alpha value is -4.33. The minimum atomic E-state index is -1.99. The Bertz CT molecular complexity index is 2320. The number of hydrogen-bond acceptors (Lipinski definition) is 18. The molecule has 3 rings (SSSR count). The number of ether oxygens (including phenoxy) is 6. The number of carbonyl (C=O) groups is 1. The van der Waals surface area contributed by atoms with Crippen LogP contribution in [0.15, 0.2) is 146 Å². The normalized spacial score (nSPS) is 27.8. The van der Waals surface area contributed by atoms with Gasteiger partial charge in [0.15, 0.2) is 18.9 Å². The Kier molecular flexibility index (Phi) is 51.3. The van der Waals surface area contributed by atoms with Crippen molar-refractivity contribution in [1.29, 1.82) is 0 Å². The van der Waals surface area contributed by atoms with E-state index < -0.39 is 131 Å². The number of carbonyl (C=O) groups excluding carboxylic acids is 1. The second-order valence-corrected chi connectivity index (χ2v) is 25.3. The van der Waals surface area contributed by atoms with Gasteiger partial charge in [-0.2, -0.15) is 0 Å². The largest absolute Gasteiger partial charge is 0.394 e. The fraction of sp³-hybridized carbons (Fsp3) is 0.679. The van der Waals surface area contributed by atoms with Crippen LogP contribution in [0.25, 0.3) is 0 Å². The minimum absolute atomic E-state index is 0.181. The molecule has 0 bridgehead atoms. The van der Waals surface area contributed by atoms with Crippen molar-refractivity contribution in [1.82, 2.24) is 5.32 Å². The van der Waals surface area contributed by atoms with Gasteiger partial charge in [-0.1, -0.05) is 230 Å². The lowest BCUT2D eigenvalue weighted by Crippen LogP contribution is -2.66. The van der Waals surface area contributed by atoms with Crippen LogP contribution in [0.3, 0.4) is 0 Å². The molecule has 97 heavy (non-hydrogen) atoms. The summed E-state index contributed by atoms with van der Waals surface area (Å²) in [5, 5.41) is 121. The lowest BCUT2D eigenvalue weighted by atomic mass is 9.96. The number of nitrogens with one attached hydrogen (secondary N) is 1. The van der Waals surface area contributed by atoms with Gasteiger partial charge in [-0.05, 0) is 116 Å². The lowest BCUT2D eigenvalue weighted by molar-refractivity contribution is -0.379. The Morgan fingerprint density at radius 3 is 1.15 bits per heavy atom. The van der Waals surface area contributed by atoms with Crippen LogP contribution in [-0.4, -0.2) is 193 Å². The van der Waals surface area contributed by atoms with E-state index in [4.69, 9.17) is 28.4 Å². The highest BCUT2D eigenvalue weighted by Crippen LogP contribution is 2.33. The van der Waals surface area contributed by atoms with E-state index in [1.165, 1.54) is 70.6 Å². The van der Waals surface area contributed by atoms with Crippen LogP contribution in [0.1, 0.15) is 206 Å². The van der Waals surface area contributed by atoms with Crippen molar-refractivity contribution < 1.29 is 89.4 Å². The van der Waals surface area contributed by atoms with E-state index >= 15 is 0 Å². The summed E-state index contributed by atoms with van der Waals surface area (Å²) in [5.41, 5.74) is 0. The van der Waals surface area contributed by atoms with Gasteiger partial charge in [0.05, 0.1) is 38.6 Å². The highest BCUT2D eigenvalue weighted by molar-refractivity contribution is 5.76. The highest BCUT2D eigenvalue weighted by Gasteiger charge is 2.53. The second-order valence-electron chi connectivity index (χ2n) is 25.3. The van der Waals surface area contributed by atoms with E-state index in [9.17, 15) is 61.0 Å². The molecule has 0 aliphatic carbocycles. The molecule has 0 aromatic rings. The van der Waals surface area contributed by atoms with Crippen molar-refractivity contribution in [3.05, 3.63) is 146 Å². The first-order valence-electron chi connectivity index (χ1n) is 36.6. The van der Waals surface area contributed by atoms with Gasteiger partial charge in [0.1, 0.15) is 73.2 Å². The maximum absolute atomic E-state index is 13.4. The van der Waals surface area contributed by atoms with Crippen molar-refractivity contribution in [3.63, 3.8) is 0 Å². The molecule has 3 aliphatic heterocycles. The third kappa shape index (κ3) is 38.3. The van der Waals surface area contributed by atoms with E-state index in [-0.39, 0.29) is 12.3 Å². The molecule has 3 aliphatic rings. The maximum Gasteiger partial charge on any atom is 0.220 e. The fourth-order valence-electron chi connectivity index (χ4n) is 11.2. The highest BCUT2D eigenvalue weighted by atomic mass is 16.8. The molecule has 17 atom stereocenters. The quantitative estimate of drug-likeness (QED) is 0.0199. The van der Waals surface area contributed by atoms with Crippen LogP contribution in [0.5, 0.6) is 0 Å². The minimum Gasteiger partial charge on any atom is -0.394 e. The number of hydrogen-bond donors (Lipinski definition) is 12. The molecule has 0 radical (unpaired) electrons. The van der Waals surface area contributed by atoms with Gasteiger partial charge in [-0.3, -0.25) is 4.79 Å². The molecule has 0 saturated carbocycles. The Morgan fingerprint density at radius 1 is 0.381 bits per heavy atom. The molecule has 0 aromatic carbocycles. The van der Waals surface area contributed by atoms with Crippen LogP contribution in [-0.2, 0) is 33.2 Å². The molecule has 12 N–H and O–H groups in total. The molecule has 3 fully saturated rings. The predicted molar refractivity (Wildman–Crippen MR) is 382 cm³/mol. The van der Waals surface area contributed by atoms with E-state index in [1.807, 2.05) is 6.08 Å². The van der Waals surface area contributed by atoms with Gasteiger partial charge in [-0.25, -0.2) is 0 Å². The molecular weight excluding hydrogens is 1240 g/mol. The zero-order chi connectivity index (χ0) is 70.4. The van der Waals surface area contributed by atoms with Crippen LogP contribution >= 0.6 is 0 Å². The third-order valence-electron chi connectivity index (χ3n) is 17.1. The summed E-state index contributed by atoms with van der Waals surface area (Å²) >= 11 is 0. The van der Waals surface area contributed by atoms with Gasteiger partial charge >= 0.3 is 0 Å². The van der Waals surface area contributed by atoms with Crippen molar-refractivity contribution >= 4 is 5.91 Å². The molecule has 19 heteroatoms. The predicted octanol–water partition coefficient (Wildman–Crippen LogP) is 10.7. The van der Waals surface area contributed by atoms with E-state index in [1.54, 1.807) is 6.08 Å². The Morgan fingerprint density at radius 2 is 0.722 bits per heavy atom. The first kappa shape index (κ1) is 86.9. The van der Waals surface area contributed by atoms with Gasteiger partial charge < -0.3 is 89.9 Å². The van der Waals surface area contributed by atoms with Crippen LogP contribution in [0.2, 0.25) is 0 Å². The number of aliphatic hydroxyl groups excluding tert-OH is 11. The molecule has 17 unspecified atom stereocenters. The Labute approximate surface area is 581 Å². The number of rotatable bonds is 54. The number of allylic oxidation sites excluding steroid dienone is 23. The number of unbranched alkanes of at least 4 members (excludes halogenated alkanes) is 16. The first-order valence-corrected chi connectivity index (χ1v) is 36.6. The first-order chi connectivity index (χ1) is 47.3. The van der Waals surface area contributed by atoms with Crippen LogP contribution in [0.4, 0.5) is 0 Å². The summed E-state index contributed by atoms with van der Waals surface area (Å²) in [6.07, 6.45) is 55.3. The maximum atomic E-state index is 13.4. The molecule has 1 amide bonds. The SMILES string of the molecule is CC/C=C\C/C=C\C/C=C\C/C=C\C/C=C\C/C=C\C/C=C\C/C=C\C/C=C\CCCCCC(=O)NC(COC1OC(CO)C(OC2OC(CO)C(OC3OC(CO)C(O)C(O)C3O)C(O)C2O)C(O)C1O)C(O)/C=C/CC/C=C/CC/C=C/CCCCCCCCCCCCC. The summed E-state index contributed by atoms with van der Waals surface area (Å²) in [4.78, 5) is 13.4. The van der Waals surface area contributed by atoms with Gasteiger partial charge in [0.2, 0.25) is 5.91 Å². The average molecular weight is 1370 g/mol. The summed E-state index contributed by atoms with van der Waals surface area (Å²) in [6, 6.07) is -1.03. The van der Waals surface area contributed by atoms with Crippen molar-refractivity contribution in [2.75, 3.05) is 26.4 Å². The summed E-state index contributed by atoms with van der Waals surface area (Å²) < 4.78 is 34.3. The molecule has 0 spiro atoms. The van der Waals surface area contributed by atoms with E-state index in [0.29, 0.717) is 12.8 Å². The summed E-state index contributed by atoms with van der Waals surface area (Å²) in [5.74, 6) is -0.328. The van der Waals surface area contributed by atoms with E-state index in [2.05, 4.69) is 153 Å². The van der Waals surface area contributed by atoms with E-state index in [0.717, 1.165) is 103 Å². The number of aliphatic hydroxyl groups is 11. The average Bonchev–Trinajstić information content (AvgIpc) is 0.798. The van der Waals surface area contributed by atoms with Gasteiger partial charge in [-0.15, -0.1) is 0 Å². The molecule has 19 nitrogen and oxygen atoms in total. The zero-order valence-electron chi connectivity index (χ0n) is 58.5. The zero-order valence-corrected chi connectivity index (χ0v) is 58.5. The molecule has 0 aromatic heterocycles. The Balaban J connectivity index is 1.45. The van der Waals surface area contributed by atoms with Crippen molar-refractivity contribution in [3.8, 4) is 0 Å². The lowest BCUT2D eigenvalue weighted by Gasteiger charge is -2.48. The summed E-state index contributed by atoms with van der Waals surface area (Å²) in [6.45, 7) is 1.55. The monoisotopic (exact) mass is 1370 g/mol. The van der Waals surface area contributed by atoms with Crippen molar-refractivity contribution in [2.24, 2.45) is 0 Å².